The number of hydrogen-bond acceptors (Lipinski definition) is 2. The lowest BCUT2D eigenvalue weighted by Gasteiger charge is -1.99. The molecule has 0 bridgehead atoms. The van der Waals surface area contributed by atoms with E-state index in [9.17, 15) is 4.79 Å². The Hall–Kier alpha value is -0.310. The van der Waals surface area contributed by atoms with Crippen molar-refractivity contribution < 1.29 is 9.53 Å². The average molecular weight is 249 g/mol. The molecule has 2 nitrogen and oxygen atoms in total. The number of ether oxygens (including phenoxy) is 1. The maximum absolute atomic E-state index is 10.9. The number of halogens is 1. The smallest absolute Gasteiger partial charge is 0.305 e. The minimum atomic E-state index is -0.0904. The van der Waals surface area contributed by atoms with Gasteiger partial charge in [0.05, 0.1) is 6.61 Å². The van der Waals surface area contributed by atoms with Crippen LogP contribution in [0.3, 0.4) is 0 Å². The molecule has 0 N–H and O–H groups in total. The Morgan fingerprint density at radius 2 is 2.23 bits per heavy atom. The van der Waals surface area contributed by atoms with Gasteiger partial charge in [-0.25, -0.2) is 0 Å². The van der Waals surface area contributed by atoms with Crippen LogP contribution in [0.4, 0.5) is 0 Å². The minimum Gasteiger partial charge on any atom is -0.466 e. The number of allylic oxidation sites excluding steroid dienone is 2. The highest BCUT2D eigenvalue weighted by Crippen LogP contribution is 2.04. The fraction of sp³-hybridized carbons (Fsp3) is 0.700. The van der Waals surface area contributed by atoms with Gasteiger partial charge in [0.25, 0.3) is 0 Å². The van der Waals surface area contributed by atoms with Gasteiger partial charge in [-0.15, -0.1) is 0 Å². The molecule has 0 amide bonds. The molecule has 0 aliphatic rings. The van der Waals surface area contributed by atoms with Crippen molar-refractivity contribution in [1.29, 1.82) is 0 Å². The first kappa shape index (κ1) is 12.7. The van der Waals surface area contributed by atoms with Crippen LogP contribution in [-0.2, 0) is 9.53 Å². The molecule has 13 heavy (non-hydrogen) atoms. The number of alkyl halides is 1. The van der Waals surface area contributed by atoms with Crippen LogP contribution < -0.4 is 0 Å². The van der Waals surface area contributed by atoms with Crippen molar-refractivity contribution in [2.24, 2.45) is 0 Å². The van der Waals surface area contributed by atoms with E-state index >= 15 is 0 Å². The first-order valence-corrected chi connectivity index (χ1v) is 5.70. The van der Waals surface area contributed by atoms with Gasteiger partial charge in [-0.05, 0) is 26.7 Å². The Labute approximate surface area is 88.5 Å². The number of carbonyl (C=O) groups is 1. The molecule has 0 saturated carbocycles. The van der Waals surface area contributed by atoms with Gasteiger partial charge in [-0.2, -0.15) is 0 Å². The highest BCUT2D eigenvalue weighted by Gasteiger charge is 1.99. The van der Waals surface area contributed by atoms with E-state index in [0.717, 1.165) is 18.2 Å². The van der Waals surface area contributed by atoms with E-state index in [1.54, 1.807) is 0 Å². The molecule has 0 spiro atoms. The standard InChI is InChI=1S/C10H17BrO2/c1-3-13-10(12)7-5-4-6-9(2)8-11/h6H,3-5,7-8H2,1-2H3. The molecule has 76 valence electrons. The second-order valence-corrected chi connectivity index (χ2v) is 3.44. The van der Waals surface area contributed by atoms with Crippen LogP contribution >= 0.6 is 15.9 Å². The zero-order chi connectivity index (χ0) is 10.1. The summed E-state index contributed by atoms with van der Waals surface area (Å²) in [5.41, 5.74) is 1.31. The average Bonchev–Trinajstić information content (AvgIpc) is 2.12. The maximum atomic E-state index is 10.9. The third kappa shape index (κ3) is 8.03. The summed E-state index contributed by atoms with van der Waals surface area (Å²) in [7, 11) is 0. The van der Waals surface area contributed by atoms with Crippen molar-refractivity contribution in [1.82, 2.24) is 0 Å². The summed E-state index contributed by atoms with van der Waals surface area (Å²) in [6, 6.07) is 0. The molecule has 0 saturated heterocycles. The molecule has 0 fully saturated rings. The van der Waals surface area contributed by atoms with Crippen LogP contribution in [0.15, 0.2) is 11.6 Å². The van der Waals surface area contributed by atoms with Crippen LogP contribution in [0.5, 0.6) is 0 Å². The normalized spacial score (nSPS) is 11.5. The molecular weight excluding hydrogens is 232 g/mol. The van der Waals surface area contributed by atoms with Gasteiger partial charge in [0.2, 0.25) is 0 Å². The fourth-order valence-electron chi connectivity index (χ4n) is 0.883. The summed E-state index contributed by atoms with van der Waals surface area (Å²) in [5, 5.41) is 0.909. The molecule has 0 heterocycles. The summed E-state index contributed by atoms with van der Waals surface area (Å²) in [6.45, 7) is 4.38. The van der Waals surface area contributed by atoms with Gasteiger partial charge in [-0.3, -0.25) is 4.79 Å². The molecule has 3 heteroatoms. The van der Waals surface area contributed by atoms with Crippen LogP contribution in [0.2, 0.25) is 0 Å². The topological polar surface area (TPSA) is 26.3 Å². The highest BCUT2D eigenvalue weighted by molar-refractivity contribution is 9.09. The SMILES string of the molecule is CCOC(=O)CCCC=C(C)CBr. The monoisotopic (exact) mass is 248 g/mol. The molecule has 0 unspecified atom stereocenters. The minimum absolute atomic E-state index is 0.0904. The van der Waals surface area contributed by atoms with E-state index in [-0.39, 0.29) is 5.97 Å². The third-order valence-electron chi connectivity index (χ3n) is 1.59. The Bertz CT molecular complexity index is 176. The molecule has 0 aromatic heterocycles. The lowest BCUT2D eigenvalue weighted by atomic mass is 10.2. The first-order valence-electron chi connectivity index (χ1n) is 4.58. The Balaban J connectivity index is 3.40. The zero-order valence-electron chi connectivity index (χ0n) is 8.31. The molecule has 0 rings (SSSR count). The van der Waals surface area contributed by atoms with Crippen LogP contribution in [0.25, 0.3) is 0 Å². The van der Waals surface area contributed by atoms with Crippen molar-refractivity contribution in [2.45, 2.75) is 33.1 Å². The van der Waals surface area contributed by atoms with E-state index in [1.807, 2.05) is 6.92 Å². The second kappa shape index (κ2) is 8.30. The van der Waals surface area contributed by atoms with Crippen molar-refractivity contribution in [2.75, 3.05) is 11.9 Å². The van der Waals surface area contributed by atoms with Crippen molar-refractivity contribution in [3.8, 4) is 0 Å². The summed E-state index contributed by atoms with van der Waals surface area (Å²) in [4.78, 5) is 10.9. The number of carbonyl (C=O) groups excluding carboxylic acids is 1. The van der Waals surface area contributed by atoms with Gasteiger partial charge in [0.1, 0.15) is 0 Å². The number of esters is 1. The molecule has 0 radical (unpaired) electrons. The highest BCUT2D eigenvalue weighted by atomic mass is 79.9. The van der Waals surface area contributed by atoms with E-state index in [2.05, 4.69) is 28.9 Å². The second-order valence-electron chi connectivity index (χ2n) is 2.88. The number of unbranched alkanes of at least 4 members (excludes halogenated alkanes) is 1. The summed E-state index contributed by atoms with van der Waals surface area (Å²) in [5.74, 6) is -0.0904. The lowest BCUT2D eigenvalue weighted by molar-refractivity contribution is -0.143. The van der Waals surface area contributed by atoms with Gasteiger partial charge >= 0.3 is 5.97 Å². The predicted octanol–water partition coefficient (Wildman–Crippen LogP) is 3.06. The van der Waals surface area contributed by atoms with E-state index in [4.69, 9.17) is 4.74 Å². The molecular formula is C10H17BrO2. The van der Waals surface area contributed by atoms with Crippen LogP contribution in [0.1, 0.15) is 33.1 Å². The maximum Gasteiger partial charge on any atom is 0.305 e. The van der Waals surface area contributed by atoms with E-state index in [0.29, 0.717) is 13.0 Å². The van der Waals surface area contributed by atoms with Gasteiger partial charge in [-0.1, -0.05) is 27.6 Å². The van der Waals surface area contributed by atoms with E-state index < -0.39 is 0 Å². The fourth-order valence-corrected chi connectivity index (χ4v) is 1.11. The number of hydrogen-bond donors (Lipinski definition) is 0. The summed E-state index contributed by atoms with van der Waals surface area (Å²) >= 11 is 3.36. The summed E-state index contributed by atoms with van der Waals surface area (Å²) in [6.07, 6.45) is 4.51. The first-order chi connectivity index (χ1) is 6.20. The molecule has 0 atom stereocenters. The summed E-state index contributed by atoms with van der Waals surface area (Å²) < 4.78 is 4.81. The zero-order valence-corrected chi connectivity index (χ0v) is 9.89. The quantitative estimate of drug-likeness (QED) is 0.313. The van der Waals surface area contributed by atoms with Gasteiger partial charge in [0.15, 0.2) is 0 Å². The third-order valence-corrected chi connectivity index (χ3v) is 2.48. The van der Waals surface area contributed by atoms with Crippen LogP contribution in [0, 0.1) is 0 Å². The molecule has 0 aromatic rings. The molecule has 0 aliphatic heterocycles. The van der Waals surface area contributed by atoms with Gasteiger partial charge in [0, 0.05) is 11.8 Å². The lowest BCUT2D eigenvalue weighted by Crippen LogP contribution is -2.02. The van der Waals surface area contributed by atoms with Crippen molar-refractivity contribution >= 4 is 21.9 Å². The Kier molecular flexibility index (Phi) is 8.10. The Morgan fingerprint density at radius 3 is 2.77 bits per heavy atom. The number of rotatable bonds is 6. The van der Waals surface area contributed by atoms with Crippen molar-refractivity contribution in [3.63, 3.8) is 0 Å². The predicted molar refractivity (Wildman–Crippen MR) is 58.0 cm³/mol. The van der Waals surface area contributed by atoms with Gasteiger partial charge < -0.3 is 4.74 Å². The van der Waals surface area contributed by atoms with Crippen LogP contribution in [-0.4, -0.2) is 17.9 Å². The van der Waals surface area contributed by atoms with Crippen molar-refractivity contribution in [3.05, 3.63) is 11.6 Å². The molecule has 0 aromatic carbocycles. The Morgan fingerprint density at radius 1 is 1.54 bits per heavy atom. The largest absolute Gasteiger partial charge is 0.466 e. The molecule has 0 aliphatic carbocycles. The van der Waals surface area contributed by atoms with E-state index in [1.165, 1.54) is 5.57 Å².